The summed E-state index contributed by atoms with van der Waals surface area (Å²) in [5.74, 6) is -0.216. The highest BCUT2D eigenvalue weighted by Crippen LogP contribution is 2.24. The maximum absolute atomic E-state index is 13.3. The van der Waals surface area contributed by atoms with E-state index in [1.165, 1.54) is 11.1 Å². The standard InChI is InChI=1S/C27H37N7O2/c1-19(2)28-10-11-33(18-27(36)32(5)34-16-21-8-6-7-9-22(21)17-34)26(35)15-29-24-13-23-14-30-31(4)25(23)12-20(24)3/h6-9,12-14,19,28-29H,10-11,15-18H2,1-5H3. The van der Waals surface area contributed by atoms with E-state index in [4.69, 9.17) is 0 Å². The van der Waals surface area contributed by atoms with E-state index < -0.39 is 0 Å². The van der Waals surface area contributed by atoms with Gasteiger partial charge in [0.1, 0.15) is 6.54 Å². The molecule has 36 heavy (non-hydrogen) atoms. The van der Waals surface area contributed by atoms with E-state index in [1.54, 1.807) is 17.0 Å². The Kier molecular flexibility index (Phi) is 7.91. The van der Waals surface area contributed by atoms with E-state index in [2.05, 4.69) is 47.8 Å². The number of aromatic nitrogens is 2. The number of hydrazine groups is 1. The van der Waals surface area contributed by atoms with Crippen molar-refractivity contribution in [1.29, 1.82) is 0 Å². The van der Waals surface area contributed by atoms with Gasteiger partial charge in [0.05, 0.1) is 18.3 Å². The normalized spacial score (nSPS) is 13.3. The zero-order chi connectivity index (χ0) is 25.8. The lowest BCUT2D eigenvalue weighted by atomic mass is 10.1. The second kappa shape index (κ2) is 11.1. The number of anilines is 1. The van der Waals surface area contributed by atoms with E-state index in [-0.39, 0.29) is 24.9 Å². The molecule has 1 aliphatic rings. The molecule has 9 heteroatoms. The Morgan fingerprint density at radius 1 is 1.11 bits per heavy atom. The van der Waals surface area contributed by atoms with Gasteiger partial charge in [-0.25, -0.2) is 5.01 Å². The molecule has 0 saturated carbocycles. The molecule has 0 aliphatic carbocycles. The van der Waals surface area contributed by atoms with Crippen molar-refractivity contribution in [3.63, 3.8) is 0 Å². The minimum Gasteiger partial charge on any atom is -0.376 e. The minimum atomic E-state index is -0.113. The number of amides is 2. The summed E-state index contributed by atoms with van der Waals surface area (Å²) in [6, 6.07) is 12.6. The van der Waals surface area contributed by atoms with Crippen LogP contribution in [0.25, 0.3) is 10.9 Å². The van der Waals surface area contributed by atoms with Crippen LogP contribution in [0.3, 0.4) is 0 Å². The third kappa shape index (κ3) is 5.85. The van der Waals surface area contributed by atoms with Gasteiger partial charge >= 0.3 is 0 Å². The molecule has 2 N–H and O–H groups in total. The second-order valence-corrected chi connectivity index (χ2v) is 9.78. The van der Waals surface area contributed by atoms with E-state index in [0.29, 0.717) is 32.2 Å². The lowest BCUT2D eigenvalue weighted by Gasteiger charge is -2.31. The van der Waals surface area contributed by atoms with Crippen LogP contribution in [-0.2, 0) is 29.7 Å². The number of fused-ring (bicyclic) bond motifs is 2. The fourth-order valence-electron chi connectivity index (χ4n) is 4.51. The summed E-state index contributed by atoms with van der Waals surface area (Å²) in [6.45, 7) is 8.75. The number of hydrogen-bond acceptors (Lipinski definition) is 6. The van der Waals surface area contributed by atoms with E-state index in [9.17, 15) is 9.59 Å². The largest absolute Gasteiger partial charge is 0.376 e. The van der Waals surface area contributed by atoms with E-state index >= 15 is 0 Å². The first-order valence-electron chi connectivity index (χ1n) is 12.5. The Labute approximate surface area is 213 Å². The Morgan fingerprint density at radius 3 is 2.47 bits per heavy atom. The van der Waals surface area contributed by atoms with Gasteiger partial charge in [0, 0.05) is 57.4 Å². The van der Waals surface area contributed by atoms with Gasteiger partial charge in [-0.1, -0.05) is 38.1 Å². The third-order valence-corrected chi connectivity index (χ3v) is 6.74. The molecule has 0 spiro atoms. The molecule has 3 aromatic rings. The number of carbonyl (C=O) groups is 2. The fraction of sp³-hybridized carbons (Fsp3) is 0.444. The van der Waals surface area contributed by atoms with Gasteiger partial charge in [0.15, 0.2) is 0 Å². The van der Waals surface area contributed by atoms with Crippen LogP contribution in [0.4, 0.5) is 5.69 Å². The summed E-state index contributed by atoms with van der Waals surface area (Å²) < 4.78 is 1.84. The van der Waals surface area contributed by atoms with Gasteiger partial charge in [0.2, 0.25) is 5.91 Å². The Bertz CT molecular complexity index is 1210. The number of rotatable bonds is 10. The molecule has 0 radical (unpaired) electrons. The number of carbonyl (C=O) groups excluding carboxylic acids is 2. The number of hydrogen-bond donors (Lipinski definition) is 2. The molecule has 0 saturated heterocycles. The van der Waals surface area contributed by atoms with Gasteiger partial charge in [0.25, 0.3) is 5.91 Å². The molecule has 4 rings (SSSR count). The molecule has 9 nitrogen and oxygen atoms in total. The third-order valence-electron chi connectivity index (χ3n) is 6.74. The quantitative estimate of drug-likeness (QED) is 0.453. The summed E-state index contributed by atoms with van der Waals surface area (Å²) in [4.78, 5) is 28.1. The minimum absolute atomic E-state index is 0.0320. The first-order valence-corrected chi connectivity index (χ1v) is 12.5. The average molecular weight is 492 g/mol. The molecule has 2 heterocycles. The predicted octanol–water partition coefficient (Wildman–Crippen LogP) is 2.51. The topological polar surface area (TPSA) is 85.7 Å². The molecule has 0 bridgehead atoms. The van der Waals surface area contributed by atoms with Crippen LogP contribution in [0.2, 0.25) is 0 Å². The highest BCUT2D eigenvalue weighted by molar-refractivity contribution is 5.88. The molecule has 0 fully saturated rings. The fourth-order valence-corrected chi connectivity index (χ4v) is 4.51. The summed E-state index contributed by atoms with van der Waals surface area (Å²) in [7, 11) is 3.70. The van der Waals surface area contributed by atoms with Gasteiger partial charge in [-0.05, 0) is 35.7 Å². The first-order chi connectivity index (χ1) is 17.2. The lowest BCUT2D eigenvalue weighted by Crippen LogP contribution is -2.49. The Hall–Kier alpha value is -3.43. The summed E-state index contributed by atoms with van der Waals surface area (Å²) in [6.07, 6.45) is 1.82. The molecular weight excluding hydrogens is 454 g/mol. The number of aryl methyl sites for hydroxylation is 2. The van der Waals surface area contributed by atoms with Crippen LogP contribution in [0.1, 0.15) is 30.5 Å². The van der Waals surface area contributed by atoms with Crippen molar-refractivity contribution in [2.24, 2.45) is 7.05 Å². The van der Waals surface area contributed by atoms with Crippen LogP contribution >= 0.6 is 0 Å². The Morgan fingerprint density at radius 2 is 1.81 bits per heavy atom. The maximum atomic E-state index is 13.3. The molecule has 0 atom stereocenters. The molecule has 1 aromatic heterocycles. The average Bonchev–Trinajstić information content (AvgIpc) is 3.44. The van der Waals surface area contributed by atoms with Crippen molar-refractivity contribution < 1.29 is 9.59 Å². The van der Waals surface area contributed by atoms with Crippen molar-refractivity contribution in [2.75, 3.05) is 38.5 Å². The zero-order valence-electron chi connectivity index (χ0n) is 21.9. The van der Waals surface area contributed by atoms with Crippen LogP contribution in [-0.4, -0.2) is 75.8 Å². The van der Waals surface area contributed by atoms with Gasteiger partial charge in [-0.15, -0.1) is 0 Å². The van der Waals surface area contributed by atoms with Crippen molar-refractivity contribution >= 4 is 28.4 Å². The SMILES string of the molecule is Cc1cc2c(cnn2C)cc1NCC(=O)N(CCNC(C)C)CC(=O)N(C)N1Cc2ccccc2C1. The van der Waals surface area contributed by atoms with Crippen LogP contribution in [0, 0.1) is 6.92 Å². The maximum Gasteiger partial charge on any atom is 0.256 e. The number of nitrogens with one attached hydrogen (secondary N) is 2. The predicted molar refractivity (Wildman–Crippen MR) is 142 cm³/mol. The Balaban J connectivity index is 1.40. The van der Waals surface area contributed by atoms with Crippen molar-refractivity contribution in [1.82, 2.24) is 30.0 Å². The van der Waals surface area contributed by atoms with Crippen LogP contribution in [0.15, 0.2) is 42.6 Å². The molecule has 192 valence electrons. The number of likely N-dealkylation sites (N-methyl/N-ethyl adjacent to an activating group) is 1. The zero-order valence-corrected chi connectivity index (χ0v) is 21.9. The van der Waals surface area contributed by atoms with Crippen LogP contribution in [0.5, 0.6) is 0 Å². The van der Waals surface area contributed by atoms with Gasteiger partial charge in [-0.3, -0.25) is 19.3 Å². The summed E-state index contributed by atoms with van der Waals surface area (Å²) in [5, 5.41) is 15.6. The van der Waals surface area contributed by atoms with Crippen molar-refractivity contribution in [3.8, 4) is 0 Å². The van der Waals surface area contributed by atoms with Crippen molar-refractivity contribution in [2.45, 2.75) is 39.9 Å². The number of benzene rings is 2. The van der Waals surface area contributed by atoms with Gasteiger partial charge in [-0.2, -0.15) is 5.10 Å². The molecule has 0 unspecified atom stereocenters. The smallest absolute Gasteiger partial charge is 0.256 e. The summed E-state index contributed by atoms with van der Waals surface area (Å²) in [5.41, 5.74) is 5.44. The highest BCUT2D eigenvalue weighted by Gasteiger charge is 2.27. The van der Waals surface area contributed by atoms with Crippen LogP contribution < -0.4 is 10.6 Å². The highest BCUT2D eigenvalue weighted by atomic mass is 16.2. The first kappa shape index (κ1) is 25.7. The lowest BCUT2D eigenvalue weighted by molar-refractivity contribution is -0.151. The summed E-state index contributed by atoms with van der Waals surface area (Å²) >= 11 is 0. The van der Waals surface area contributed by atoms with Gasteiger partial charge < -0.3 is 15.5 Å². The van der Waals surface area contributed by atoms with E-state index in [1.807, 2.05) is 48.1 Å². The molecule has 1 aliphatic heterocycles. The molecule has 2 aromatic carbocycles. The van der Waals surface area contributed by atoms with E-state index in [0.717, 1.165) is 22.2 Å². The molecule has 2 amide bonds. The monoisotopic (exact) mass is 491 g/mol. The second-order valence-electron chi connectivity index (χ2n) is 9.78. The molecular formula is C27H37N7O2. The number of nitrogens with zero attached hydrogens (tertiary/aromatic N) is 5. The van der Waals surface area contributed by atoms with Crippen molar-refractivity contribution in [3.05, 3.63) is 59.3 Å².